The van der Waals surface area contributed by atoms with Gasteiger partial charge >= 0.3 is 0 Å². The van der Waals surface area contributed by atoms with Gasteiger partial charge in [0.05, 0.1) is 19.9 Å². The molecule has 0 amide bonds. The maximum Gasteiger partial charge on any atom is 0.216 e. The van der Waals surface area contributed by atoms with E-state index in [0.29, 0.717) is 30.5 Å². The third-order valence-electron chi connectivity index (χ3n) is 2.52. The topological polar surface area (TPSA) is 84.9 Å². The van der Waals surface area contributed by atoms with Crippen molar-refractivity contribution >= 4 is 0 Å². The standard InChI is InChI=1S/C12H17N5O2/c1-18-4-3-13-6-9-7-14-12(17-9)10-5-11(19-2)16-8-15-10/h5,7-8,13H,3-4,6H2,1-2H3,(H,14,17). The SMILES string of the molecule is COCCNCc1cnc(-c2cc(OC)ncn2)[nH]1. The van der Waals surface area contributed by atoms with Crippen molar-refractivity contribution in [2.45, 2.75) is 6.54 Å². The Morgan fingerprint density at radius 3 is 2.95 bits per heavy atom. The molecule has 102 valence electrons. The van der Waals surface area contributed by atoms with Crippen LogP contribution in [0.15, 0.2) is 18.6 Å². The lowest BCUT2D eigenvalue weighted by atomic mass is 10.4. The Bertz CT molecular complexity index is 514. The number of nitrogens with zero attached hydrogens (tertiary/aromatic N) is 3. The van der Waals surface area contributed by atoms with Gasteiger partial charge in [0.25, 0.3) is 0 Å². The molecule has 0 aliphatic heterocycles. The average molecular weight is 263 g/mol. The van der Waals surface area contributed by atoms with Crippen LogP contribution in [0.3, 0.4) is 0 Å². The molecule has 2 heterocycles. The predicted molar refractivity (Wildman–Crippen MR) is 69.7 cm³/mol. The molecule has 0 radical (unpaired) electrons. The van der Waals surface area contributed by atoms with Crippen molar-refractivity contribution in [2.24, 2.45) is 0 Å². The molecule has 2 rings (SSSR count). The van der Waals surface area contributed by atoms with Crippen molar-refractivity contribution in [1.29, 1.82) is 0 Å². The predicted octanol–water partition coefficient (Wildman–Crippen LogP) is 0.611. The van der Waals surface area contributed by atoms with Gasteiger partial charge in [-0.2, -0.15) is 0 Å². The third kappa shape index (κ3) is 3.73. The average Bonchev–Trinajstić information content (AvgIpc) is 2.92. The quantitative estimate of drug-likeness (QED) is 0.712. The monoisotopic (exact) mass is 263 g/mol. The van der Waals surface area contributed by atoms with Crippen molar-refractivity contribution < 1.29 is 9.47 Å². The van der Waals surface area contributed by atoms with Crippen LogP contribution in [0.2, 0.25) is 0 Å². The number of nitrogens with one attached hydrogen (secondary N) is 2. The molecule has 0 spiro atoms. The number of imidazole rings is 1. The summed E-state index contributed by atoms with van der Waals surface area (Å²) < 4.78 is 10.0. The number of methoxy groups -OCH3 is 2. The normalized spacial score (nSPS) is 10.6. The van der Waals surface area contributed by atoms with Crippen LogP contribution in [-0.4, -0.2) is 47.3 Å². The Labute approximate surface area is 111 Å². The lowest BCUT2D eigenvalue weighted by Gasteiger charge is -2.01. The number of hydrogen-bond acceptors (Lipinski definition) is 6. The van der Waals surface area contributed by atoms with E-state index in [1.54, 1.807) is 26.5 Å². The molecule has 0 atom stereocenters. The minimum absolute atomic E-state index is 0.515. The zero-order valence-electron chi connectivity index (χ0n) is 11.0. The van der Waals surface area contributed by atoms with E-state index < -0.39 is 0 Å². The van der Waals surface area contributed by atoms with Crippen LogP contribution in [0, 0.1) is 0 Å². The summed E-state index contributed by atoms with van der Waals surface area (Å²) in [6, 6.07) is 1.74. The molecule has 0 unspecified atom stereocenters. The van der Waals surface area contributed by atoms with E-state index in [0.717, 1.165) is 12.2 Å². The molecule has 0 aromatic carbocycles. The summed E-state index contributed by atoms with van der Waals surface area (Å²) in [5.74, 6) is 1.21. The van der Waals surface area contributed by atoms with Gasteiger partial charge in [-0.3, -0.25) is 0 Å². The molecule has 2 aromatic rings. The molecule has 7 nitrogen and oxygen atoms in total. The van der Waals surface area contributed by atoms with Crippen LogP contribution >= 0.6 is 0 Å². The second-order valence-corrected chi connectivity index (χ2v) is 3.87. The highest BCUT2D eigenvalue weighted by atomic mass is 16.5. The number of aromatic amines is 1. The van der Waals surface area contributed by atoms with Crippen molar-refractivity contribution in [1.82, 2.24) is 25.3 Å². The van der Waals surface area contributed by atoms with Gasteiger partial charge in [-0.25, -0.2) is 15.0 Å². The molecule has 0 aliphatic carbocycles. The first-order valence-corrected chi connectivity index (χ1v) is 5.93. The maximum absolute atomic E-state index is 5.06. The second-order valence-electron chi connectivity index (χ2n) is 3.87. The van der Waals surface area contributed by atoms with Crippen LogP contribution in [-0.2, 0) is 11.3 Å². The Hall–Kier alpha value is -1.99. The molecule has 2 N–H and O–H groups in total. The summed E-state index contributed by atoms with van der Waals surface area (Å²) in [5, 5.41) is 3.24. The van der Waals surface area contributed by atoms with E-state index in [9.17, 15) is 0 Å². The summed E-state index contributed by atoms with van der Waals surface area (Å²) in [6.45, 7) is 2.19. The van der Waals surface area contributed by atoms with Gasteiger partial charge in [0.15, 0.2) is 5.82 Å². The molecule has 0 aliphatic rings. The molecule has 0 saturated heterocycles. The molecular formula is C12H17N5O2. The van der Waals surface area contributed by atoms with E-state index in [-0.39, 0.29) is 0 Å². The minimum atomic E-state index is 0.515. The molecule has 7 heteroatoms. The summed E-state index contributed by atoms with van der Waals surface area (Å²) >= 11 is 0. The third-order valence-corrected chi connectivity index (χ3v) is 2.52. The second kappa shape index (κ2) is 6.81. The van der Waals surface area contributed by atoms with Crippen LogP contribution in [0.25, 0.3) is 11.5 Å². The van der Waals surface area contributed by atoms with Gasteiger partial charge in [-0.15, -0.1) is 0 Å². The molecule has 2 aromatic heterocycles. The van der Waals surface area contributed by atoms with Crippen molar-refractivity contribution in [3.63, 3.8) is 0 Å². The Morgan fingerprint density at radius 1 is 1.26 bits per heavy atom. The highest BCUT2D eigenvalue weighted by molar-refractivity contribution is 5.50. The molecule has 0 saturated carbocycles. The first-order valence-electron chi connectivity index (χ1n) is 5.93. The van der Waals surface area contributed by atoms with Gasteiger partial charge in [0.1, 0.15) is 12.0 Å². The summed E-state index contributed by atoms with van der Waals surface area (Å²) in [5.41, 5.74) is 1.69. The molecule has 0 fully saturated rings. The van der Waals surface area contributed by atoms with E-state index in [1.165, 1.54) is 6.33 Å². The molecular weight excluding hydrogens is 246 g/mol. The number of H-pyrrole nitrogens is 1. The summed E-state index contributed by atoms with van der Waals surface area (Å²) in [7, 11) is 3.25. The first-order chi connectivity index (χ1) is 9.33. The Balaban J connectivity index is 1.99. The Kier molecular flexibility index (Phi) is 4.82. The van der Waals surface area contributed by atoms with Crippen molar-refractivity contribution in [3.8, 4) is 17.4 Å². The number of ether oxygens (including phenoxy) is 2. The van der Waals surface area contributed by atoms with Crippen LogP contribution < -0.4 is 10.1 Å². The lowest BCUT2D eigenvalue weighted by Crippen LogP contribution is -2.18. The van der Waals surface area contributed by atoms with Gasteiger partial charge in [-0.05, 0) is 0 Å². The van der Waals surface area contributed by atoms with Gasteiger partial charge in [0, 0.05) is 32.0 Å². The van der Waals surface area contributed by atoms with Gasteiger partial charge in [-0.1, -0.05) is 0 Å². The number of hydrogen-bond donors (Lipinski definition) is 2. The fourth-order valence-electron chi connectivity index (χ4n) is 1.56. The molecule has 19 heavy (non-hydrogen) atoms. The van der Waals surface area contributed by atoms with Gasteiger partial charge < -0.3 is 19.8 Å². The van der Waals surface area contributed by atoms with E-state index in [4.69, 9.17) is 9.47 Å². The van der Waals surface area contributed by atoms with Crippen molar-refractivity contribution in [3.05, 3.63) is 24.3 Å². The van der Waals surface area contributed by atoms with Crippen LogP contribution in [0.4, 0.5) is 0 Å². The zero-order valence-corrected chi connectivity index (χ0v) is 11.0. The highest BCUT2D eigenvalue weighted by Gasteiger charge is 2.06. The minimum Gasteiger partial charge on any atom is -0.481 e. The van der Waals surface area contributed by atoms with Crippen LogP contribution in [0.5, 0.6) is 5.88 Å². The highest BCUT2D eigenvalue weighted by Crippen LogP contribution is 2.16. The van der Waals surface area contributed by atoms with Crippen LogP contribution in [0.1, 0.15) is 5.69 Å². The number of aromatic nitrogens is 4. The van der Waals surface area contributed by atoms with E-state index >= 15 is 0 Å². The Morgan fingerprint density at radius 2 is 2.16 bits per heavy atom. The fraction of sp³-hybridized carbons (Fsp3) is 0.417. The zero-order chi connectivity index (χ0) is 13.5. The maximum atomic E-state index is 5.06. The smallest absolute Gasteiger partial charge is 0.216 e. The fourth-order valence-corrected chi connectivity index (χ4v) is 1.56. The first kappa shape index (κ1) is 13.4. The number of rotatable bonds is 7. The summed E-state index contributed by atoms with van der Waals surface area (Å²) in [4.78, 5) is 15.6. The van der Waals surface area contributed by atoms with Crippen molar-refractivity contribution in [2.75, 3.05) is 27.4 Å². The summed E-state index contributed by atoms with van der Waals surface area (Å²) in [6.07, 6.45) is 3.23. The van der Waals surface area contributed by atoms with E-state index in [1.807, 2.05) is 0 Å². The van der Waals surface area contributed by atoms with E-state index in [2.05, 4.69) is 25.3 Å². The largest absolute Gasteiger partial charge is 0.481 e. The lowest BCUT2D eigenvalue weighted by molar-refractivity contribution is 0.199. The molecule has 0 bridgehead atoms. The van der Waals surface area contributed by atoms with Gasteiger partial charge in [0.2, 0.25) is 5.88 Å².